The van der Waals surface area contributed by atoms with Gasteiger partial charge in [0.2, 0.25) is 11.8 Å². The number of nitrogens with one attached hydrogen (secondary N) is 2. The number of hydrazine groups is 1. The molecule has 4 aromatic rings. The summed E-state index contributed by atoms with van der Waals surface area (Å²) in [6, 6.07) is 8.65. The second-order valence-electron chi connectivity index (χ2n) is 15.5. The first kappa shape index (κ1) is 41.5. The molecule has 13 nitrogen and oxygen atoms in total. The zero-order valence-corrected chi connectivity index (χ0v) is 34.3. The number of pyridine rings is 1. The Bertz CT molecular complexity index is 2000. The third kappa shape index (κ3) is 9.42. The molecule has 1 aromatic carbocycles. The van der Waals surface area contributed by atoms with Crippen LogP contribution in [-0.4, -0.2) is 94.6 Å². The SMILES string of the molecule is COC(C)c1ncccc1-c1c(CC(C)(C)COC=O)c2cc(-c3csc(CC(NC(=O)C(C(C)C)N(C)C(C)=O)C(=O)N4CCCCN4)n3)ccc2n1C. The van der Waals surface area contributed by atoms with Gasteiger partial charge in [0.1, 0.15) is 12.1 Å². The maximum atomic E-state index is 13.9. The summed E-state index contributed by atoms with van der Waals surface area (Å²) in [4.78, 5) is 62.2. The fraction of sp³-hybridized carbons (Fsp3) is 0.512. The minimum absolute atomic E-state index is 0.168. The van der Waals surface area contributed by atoms with Crippen molar-refractivity contribution in [3.63, 3.8) is 0 Å². The van der Waals surface area contributed by atoms with Gasteiger partial charge in [-0.1, -0.05) is 33.8 Å². The lowest BCUT2D eigenvalue weighted by Crippen LogP contribution is -2.59. The highest BCUT2D eigenvalue weighted by Gasteiger charge is 2.34. The molecular weight excluding hydrogens is 719 g/mol. The Morgan fingerprint density at radius 3 is 2.58 bits per heavy atom. The summed E-state index contributed by atoms with van der Waals surface area (Å²) in [6.45, 7) is 13.3. The van der Waals surface area contributed by atoms with Crippen molar-refractivity contribution in [2.75, 3.05) is 33.9 Å². The van der Waals surface area contributed by atoms with Crippen LogP contribution in [0, 0.1) is 11.3 Å². The predicted molar refractivity (Wildman–Crippen MR) is 214 cm³/mol. The molecule has 3 unspecified atom stereocenters. The standard InChI is InChI=1S/C41H55N7O6S/c1-25(2)37(46(7)27(4)50)39(51)45-32(40(52)48-18-11-10-17-43-48)20-35-44-33(22-55-35)28-14-15-34-30(19-28)31(21-41(5,6)23-54-24-49)38(47(34)8)29-13-12-16-42-36(29)26(3)53-9/h12-16,19,22,24-26,32,37,43H,10-11,17-18,20-21,23H2,1-9H3,(H,45,51). The van der Waals surface area contributed by atoms with Crippen molar-refractivity contribution in [2.45, 2.75) is 85.4 Å². The third-order valence-electron chi connectivity index (χ3n) is 10.4. The molecule has 1 aliphatic rings. The minimum Gasteiger partial charge on any atom is -0.467 e. The van der Waals surface area contributed by atoms with Gasteiger partial charge in [-0.2, -0.15) is 0 Å². The molecule has 1 fully saturated rings. The lowest BCUT2D eigenvalue weighted by Gasteiger charge is -2.33. The number of rotatable bonds is 16. The van der Waals surface area contributed by atoms with Crippen molar-refractivity contribution < 1.29 is 28.7 Å². The number of aromatic nitrogens is 3. The molecule has 0 radical (unpaired) electrons. The second-order valence-corrected chi connectivity index (χ2v) is 16.4. The van der Waals surface area contributed by atoms with Gasteiger partial charge in [0, 0.05) is 86.7 Å². The van der Waals surface area contributed by atoms with E-state index in [1.54, 1.807) is 25.4 Å². The van der Waals surface area contributed by atoms with Crippen LogP contribution in [0.15, 0.2) is 41.9 Å². The molecule has 5 rings (SSSR count). The van der Waals surface area contributed by atoms with Crippen LogP contribution in [-0.2, 0) is 48.5 Å². The van der Waals surface area contributed by atoms with Crippen LogP contribution in [0.25, 0.3) is 33.4 Å². The molecule has 0 bridgehead atoms. The van der Waals surface area contributed by atoms with Gasteiger partial charge in [-0.3, -0.25) is 29.2 Å². The maximum Gasteiger partial charge on any atom is 0.293 e. The summed E-state index contributed by atoms with van der Waals surface area (Å²) in [5.41, 5.74) is 9.36. The lowest BCUT2D eigenvalue weighted by atomic mass is 9.84. The third-order valence-corrected chi connectivity index (χ3v) is 11.2. The van der Waals surface area contributed by atoms with Gasteiger partial charge in [-0.15, -0.1) is 11.3 Å². The number of amides is 3. The van der Waals surface area contributed by atoms with E-state index in [0.29, 0.717) is 31.0 Å². The monoisotopic (exact) mass is 773 g/mol. The van der Waals surface area contributed by atoms with E-state index in [9.17, 15) is 19.2 Å². The van der Waals surface area contributed by atoms with Crippen LogP contribution in [0.5, 0.6) is 0 Å². The molecule has 0 saturated carbocycles. The van der Waals surface area contributed by atoms with Gasteiger partial charge in [0.15, 0.2) is 0 Å². The number of hydrogen-bond acceptors (Lipinski definition) is 10. The number of ether oxygens (including phenoxy) is 2. The maximum absolute atomic E-state index is 13.9. The van der Waals surface area contributed by atoms with E-state index in [-0.39, 0.29) is 48.2 Å². The number of fused-ring (bicyclic) bond motifs is 1. The zero-order valence-electron chi connectivity index (χ0n) is 33.5. The van der Waals surface area contributed by atoms with E-state index in [4.69, 9.17) is 19.4 Å². The Hall–Kier alpha value is -4.66. The van der Waals surface area contributed by atoms with Crippen LogP contribution in [0.4, 0.5) is 0 Å². The number of methoxy groups -OCH3 is 1. The Balaban J connectivity index is 1.54. The molecule has 0 spiro atoms. The van der Waals surface area contributed by atoms with Crippen molar-refractivity contribution in [3.8, 4) is 22.5 Å². The number of carbonyl (C=O) groups excluding carboxylic acids is 4. The number of carbonyl (C=O) groups is 4. The quantitative estimate of drug-likeness (QED) is 0.142. The van der Waals surface area contributed by atoms with E-state index >= 15 is 0 Å². The van der Waals surface area contributed by atoms with E-state index in [2.05, 4.69) is 47.4 Å². The van der Waals surface area contributed by atoms with Gasteiger partial charge in [-0.25, -0.2) is 10.4 Å². The Kier molecular flexibility index (Phi) is 13.5. The van der Waals surface area contributed by atoms with Gasteiger partial charge in [-0.05, 0) is 61.9 Å². The van der Waals surface area contributed by atoms with E-state index in [1.165, 1.54) is 23.2 Å². The molecule has 14 heteroatoms. The van der Waals surface area contributed by atoms with Crippen LogP contribution < -0.4 is 10.7 Å². The van der Waals surface area contributed by atoms with Crippen LogP contribution >= 0.6 is 11.3 Å². The molecule has 0 aliphatic carbocycles. The van der Waals surface area contributed by atoms with Crippen molar-refractivity contribution in [1.82, 2.24) is 35.2 Å². The Labute approximate surface area is 327 Å². The van der Waals surface area contributed by atoms with Gasteiger partial charge >= 0.3 is 0 Å². The summed E-state index contributed by atoms with van der Waals surface area (Å²) in [5, 5.41) is 8.29. The first-order valence-corrected chi connectivity index (χ1v) is 19.7. The largest absolute Gasteiger partial charge is 0.467 e. The smallest absolute Gasteiger partial charge is 0.293 e. The van der Waals surface area contributed by atoms with Crippen molar-refractivity contribution in [2.24, 2.45) is 18.4 Å². The average molecular weight is 774 g/mol. The summed E-state index contributed by atoms with van der Waals surface area (Å²) in [7, 11) is 5.33. The molecule has 1 aliphatic heterocycles. The summed E-state index contributed by atoms with van der Waals surface area (Å²) >= 11 is 1.44. The summed E-state index contributed by atoms with van der Waals surface area (Å²) < 4.78 is 13.2. The van der Waals surface area contributed by atoms with E-state index < -0.39 is 12.1 Å². The number of aryl methyl sites for hydroxylation is 1. The fourth-order valence-corrected chi connectivity index (χ4v) is 8.25. The molecule has 3 aromatic heterocycles. The van der Waals surface area contributed by atoms with E-state index in [0.717, 1.165) is 57.5 Å². The van der Waals surface area contributed by atoms with Crippen molar-refractivity contribution >= 4 is 46.4 Å². The molecule has 296 valence electrons. The molecular formula is C41H55N7O6S. The second kappa shape index (κ2) is 17.9. The summed E-state index contributed by atoms with van der Waals surface area (Å²) in [6.07, 6.45) is 4.16. The summed E-state index contributed by atoms with van der Waals surface area (Å²) in [5.74, 6) is -1.01. The number of benzene rings is 1. The number of nitrogens with zero attached hydrogens (tertiary/aromatic N) is 5. The zero-order chi connectivity index (χ0) is 40.0. The first-order valence-electron chi connectivity index (χ1n) is 18.9. The minimum atomic E-state index is -0.886. The van der Waals surface area contributed by atoms with Gasteiger partial charge in [0.25, 0.3) is 12.4 Å². The Morgan fingerprint density at radius 1 is 1.16 bits per heavy atom. The molecule has 4 heterocycles. The molecule has 3 atom stereocenters. The van der Waals surface area contributed by atoms with Crippen molar-refractivity contribution in [3.05, 3.63) is 58.2 Å². The number of likely N-dealkylation sites (N-methyl/N-ethyl adjacent to an activating group) is 1. The van der Waals surface area contributed by atoms with E-state index in [1.807, 2.05) is 45.3 Å². The lowest BCUT2D eigenvalue weighted by molar-refractivity contribution is -0.143. The highest BCUT2D eigenvalue weighted by Crippen LogP contribution is 2.41. The van der Waals surface area contributed by atoms with Crippen LogP contribution in [0.2, 0.25) is 0 Å². The highest BCUT2D eigenvalue weighted by molar-refractivity contribution is 7.10. The fourth-order valence-electron chi connectivity index (χ4n) is 7.40. The van der Waals surface area contributed by atoms with Crippen LogP contribution in [0.1, 0.15) is 76.8 Å². The highest BCUT2D eigenvalue weighted by atomic mass is 32.1. The van der Waals surface area contributed by atoms with Gasteiger partial charge < -0.3 is 24.3 Å². The normalized spacial score (nSPS) is 15.1. The molecule has 1 saturated heterocycles. The average Bonchev–Trinajstić information content (AvgIpc) is 3.74. The Morgan fingerprint density at radius 2 is 1.93 bits per heavy atom. The predicted octanol–water partition coefficient (Wildman–Crippen LogP) is 5.47. The van der Waals surface area contributed by atoms with Gasteiger partial charge in [0.05, 0.1) is 34.8 Å². The molecule has 3 amide bonds. The number of hydrogen-bond donors (Lipinski definition) is 2. The van der Waals surface area contributed by atoms with Crippen molar-refractivity contribution in [1.29, 1.82) is 0 Å². The number of thiazole rings is 1. The topological polar surface area (TPSA) is 148 Å². The first-order chi connectivity index (χ1) is 26.2. The molecule has 55 heavy (non-hydrogen) atoms. The van der Waals surface area contributed by atoms with Crippen LogP contribution in [0.3, 0.4) is 0 Å². The molecule has 2 N–H and O–H groups in total.